The van der Waals surface area contributed by atoms with Crippen LogP contribution >= 0.6 is 11.8 Å². The van der Waals surface area contributed by atoms with Gasteiger partial charge < -0.3 is 10.6 Å². The Bertz CT molecular complexity index is 874. The normalized spacial score (nSPS) is 17.8. The van der Waals surface area contributed by atoms with Crippen molar-refractivity contribution in [3.63, 3.8) is 0 Å². The molecule has 1 saturated carbocycles. The van der Waals surface area contributed by atoms with Gasteiger partial charge in [-0.1, -0.05) is 42.8 Å². The van der Waals surface area contributed by atoms with Gasteiger partial charge in [-0.05, 0) is 56.0 Å². The highest BCUT2D eigenvalue weighted by Crippen LogP contribution is 2.38. The summed E-state index contributed by atoms with van der Waals surface area (Å²) in [6.45, 7) is 0. The first-order valence-corrected chi connectivity index (χ1v) is 10.8. The average Bonchev–Trinajstić information content (AvgIpc) is 2.93. The van der Waals surface area contributed by atoms with Crippen molar-refractivity contribution in [1.29, 1.82) is 0 Å². The highest BCUT2D eigenvalue weighted by atomic mass is 32.2. The highest BCUT2D eigenvalue weighted by Gasteiger charge is 2.35. The number of aliphatic imine (C=N–C) groups is 1. The molecule has 4 rings (SSSR count). The summed E-state index contributed by atoms with van der Waals surface area (Å²) in [7, 11) is 0. The number of hydrogen-bond donors (Lipinski definition) is 2. The van der Waals surface area contributed by atoms with E-state index in [0.29, 0.717) is 5.69 Å². The third-order valence-electron chi connectivity index (χ3n) is 5.24. The zero-order valence-electron chi connectivity index (χ0n) is 15.7. The molecule has 2 aliphatic rings. The van der Waals surface area contributed by atoms with Gasteiger partial charge in [-0.2, -0.15) is 0 Å². The number of nitrogens with one attached hydrogen (secondary N) is 2. The molecule has 146 valence electrons. The van der Waals surface area contributed by atoms with Crippen LogP contribution in [0.4, 0.5) is 15.8 Å². The van der Waals surface area contributed by atoms with Crippen molar-refractivity contribution in [1.82, 2.24) is 0 Å². The lowest BCUT2D eigenvalue weighted by Gasteiger charge is -2.36. The predicted octanol–water partition coefficient (Wildman–Crippen LogP) is 5.42. The smallest absolute Gasteiger partial charge is 0.234 e. The zero-order valence-corrected chi connectivity index (χ0v) is 16.5. The van der Waals surface area contributed by atoms with Gasteiger partial charge in [-0.25, -0.2) is 9.38 Å². The van der Waals surface area contributed by atoms with Crippen LogP contribution in [0.25, 0.3) is 0 Å². The fourth-order valence-electron chi connectivity index (χ4n) is 3.84. The number of nitrogens with zero attached hydrogens (tertiary/aromatic N) is 1. The summed E-state index contributed by atoms with van der Waals surface area (Å²) < 4.78 is 13.0. The largest absolute Gasteiger partial charge is 0.361 e. The standard InChI is InChI=1S/C22H24FN3OS/c23-16-9-11-17(12-10-16)24-20(27)15-28-21-18-7-3-4-8-19(18)25-22(26-21)13-5-1-2-6-14-22/h3-4,7-12,25H,1-2,5-6,13-15H2,(H,24,27). The van der Waals surface area contributed by atoms with Crippen molar-refractivity contribution in [2.24, 2.45) is 4.99 Å². The van der Waals surface area contributed by atoms with E-state index in [4.69, 9.17) is 4.99 Å². The number of carbonyl (C=O) groups excluding carboxylic acids is 1. The van der Waals surface area contributed by atoms with Crippen LogP contribution in [0.5, 0.6) is 0 Å². The first-order valence-electron chi connectivity index (χ1n) is 9.79. The molecule has 1 spiro atoms. The fraction of sp³-hybridized carbons (Fsp3) is 0.364. The number of rotatable bonds is 3. The van der Waals surface area contributed by atoms with Crippen molar-refractivity contribution < 1.29 is 9.18 Å². The lowest BCUT2D eigenvalue weighted by Crippen LogP contribution is -2.40. The molecule has 4 nitrogen and oxygen atoms in total. The molecule has 1 fully saturated rings. The molecule has 0 unspecified atom stereocenters. The molecule has 1 amide bonds. The molecule has 28 heavy (non-hydrogen) atoms. The van der Waals surface area contributed by atoms with Crippen molar-refractivity contribution in [3.8, 4) is 0 Å². The molecule has 0 atom stereocenters. The minimum atomic E-state index is -0.318. The molecule has 0 radical (unpaired) electrons. The molecular formula is C22H24FN3OS. The lowest BCUT2D eigenvalue weighted by atomic mass is 9.97. The highest BCUT2D eigenvalue weighted by molar-refractivity contribution is 8.15. The maximum Gasteiger partial charge on any atom is 0.234 e. The van der Waals surface area contributed by atoms with Gasteiger partial charge in [0.25, 0.3) is 0 Å². The van der Waals surface area contributed by atoms with Crippen molar-refractivity contribution in [2.45, 2.75) is 44.2 Å². The number of halogens is 1. The SMILES string of the molecule is O=C(CSC1=NC2(CCCCCC2)Nc2ccccc21)Nc1ccc(F)cc1. The van der Waals surface area contributed by atoms with E-state index in [0.717, 1.165) is 29.1 Å². The van der Waals surface area contributed by atoms with Crippen LogP contribution in [0.1, 0.15) is 44.1 Å². The van der Waals surface area contributed by atoms with Crippen LogP contribution in [-0.4, -0.2) is 22.4 Å². The summed E-state index contributed by atoms with van der Waals surface area (Å²) in [5, 5.41) is 7.42. The molecule has 1 aliphatic heterocycles. The van der Waals surface area contributed by atoms with Crippen LogP contribution in [0, 0.1) is 5.82 Å². The van der Waals surface area contributed by atoms with Crippen LogP contribution in [0.3, 0.4) is 0 Å². The topological polar surface area (TPSA) is 53.5 Å². The summed E-state index contributed by atoms with van der Waals surface area (Å²) in [6, 6.07) is 14.0. The number of benzene rings is 2. The molecule has 2 aromatic rings. The first-order chi connectivity index (χ1) is 13.6. The number of fused-ring (bicyclic) bond motifs is 1. The van der Waals surface area contributed by atoms with Crippen LogP contribution in [0.15, 0.2) is 53.5 Å². The summed E-state index contributed by atoms with van der Waals surface area (Å²) in [5.41, 5.74) is 2.50. The molecule has 2 N–H and O–H groups in total. The van der Waals surface area contributed by atoms with Gasteiger partial charge in [0.15, 0.2) is 0 Å². The third-order valence-corrected chi connectivity index (χ3v) is 6.23. The number of thioether (sulfide) groups is 1. The lowest BCUT2D eigenvalue weighted by molar-refractivity contribution is -0.113. The number of hydrogen-bond acceptors (Lipinski definition) is 4. The molecule has 0 bridgehead atoms. The summed E-state index contributed by atoms with van der Waals surface area (Å²) >= 11 is 1.47. The Hall–Kier alpha value is -2.34. The van der Waals surface area contributed by atoms with E-state index in [2.05, 4.69) is 22.8 Å². The average molecular weight is 398 g/mol. The van der Waals surface area contributed by atoms with Gasteiger partial charge in [0.05, 0.1) is 5.75 Å². The van der Waals surface area contributed by atoms with Crippen LogP contribution < -0.4 is 10.6 Å². The van der Waals surface area contributed by atoms with E-state index in [9.17, 15) is 9.18 Å². The van der Waals surface area contributed by atoms with Crippen molar-refractivity contribution in [2.75, 3.05) is 16.4 Å². The monoisotopic (exact) mass is 397 g/mol. The second-order valence-corrected chi connectivity index (χ2v) is 8.34. The summed E-state index contributed by atoms with van der Waals surface area (Å²) in [6.07, 6.45) is 6.88. The van der Waals surface area contributed by atoms with E-state index in [1.807, 2.05) is 12.1 Å². The quantitative estimate of drug-likeness (QED) is 0.727. The number of amides is 1. The van der Waals surface area contributed by atoms with Crippen molar-refractivity contribution >= 4 is 34.1 Å². The van der Waals surface area contributed by atoms with E-state index in [1.54, 1.807) is 12.1 Å². The van der Waals surface area contributed by atoms with Crippen LogP contribution in [-0.2, 0) is 4.79 Å². The molecular weight excluding hydrogens is 373 g/mol. The Morgan fingerprint density at radius 3 is 2.54 bits per heavy atom. The van der Waals surface area contributed by atoms with E-state index >= 15 is 0 Å². The Kier molecular flexibility index (Phi) is 5.67. The first kappa shape index (κ1) is 19.0. The second-order valence-electron chi connectivity index (χ2n) is 7.38. The predicted molar refractivity (Wildman–Crippen MR) is 115 cm³/mol. The molecule has 0 aromatic heterocycles. The molecule has 1 aliphatic carbocycles. The number of para-hydroxylation sites is 1. The van der Waals surface area contributed by atoms with Gasteiger partial charge >= 0.3 is 0 Å². The molecule has 6 heteroatoms. The fourth-order valence-corrected chi connectivity index (χ4v) is 4.75. The maximum atomic E-state index is 13.0. The van der Waals surface area contributed by atoms with Gasteiger partial charge in [-0.15, -0.1) is 0 Å². The Labute approximate surface area is 169 Å². The summed E-state index contributed by atoms with van der Waals surface area (Å²) in [4.78, 5) is 17.5. The van der Waals surface area contributed by atoms with Gasteiger partial charge in [0.1, 0.15) is 16.5 Å². The van der Waals surface area contributed by atoms with Gasteiger partial charge in [-0.3, -0.25) is 4.79 Å². The second kappa shape index (κ2) is 8.35. The molecule has 1 heterocycles. The Balaban J connectivity index is 1.49. The molecule has 0 saturated heterocycles. The third kappa shape index (κ3) is 4.38. The Morgan fingerprint density at radius 1 is 1.07 bits per heavy atom. The van der Waals surface area contributed by atoms with Crippen LogP contribution in [0.2, 0.25) is 0 Å². The Morgan fingerprint density at radius 2 is 1.79 bits per heavy atom. The number of anilines is 2. The minimum absolute atomic E-state index is 0.120. The number of carbonyl (C=O) groups is 1. The maximum absolute atomic E-state index is 13.0. The van der Waals surface area contributed by atoms with E-state index < -0.39 is 0 Å². The van der Waals surface area contributed by atoms with Gasteiger partial charge in [0, 0.05) is 16.9 Å². The van der Waals surface area contributed by atoms with E-state index in [-0.39, 0.29) is 23.1 Å². The van der Waals surface area contributed by atoms with E-state index in [1.165, 1.54) is 49.6 Å². The summed E-state index contributed by atoms with van der Waals surface area (Å²) in [5.74, 6) is -0.173. The van der Waals surface area contributed by atoms with Crippen molar-refractivity contribution in [3.05, 3.63) is 59.9 Å². The van der Waals surface area contributed by atoms with Gasteiger partial charge in [0.2, 0.25) is 5.91 Å². The minimum Gasteiger partial charge on any atom is -0.361 e. The zero-order chi connectivity index (χ0) is 19.4. The molecule has 2 aromatic carbocycles.